The van der Waals surface area contributed by atoms with E-state index in [1.807, 2.05) is 42.5 Å². The van der Waals surface area contributed by atoms with Crippen LogP contribution >= 0.6 is 0 Å². The molecule has 7 rings (SSSR count). The molecule has 1 aromatic heterocycles. The van der Waals surface area contributed by atoms with Gasteiger partial charge in [0.15, 0.2) is 0 Å². The van der Waals surface area contributed by atoms with Gasteiger partial charge in [-0.05, 0) is 67.6 Å². The van der Waals surface area contributed by atoms with Crippen LogP contribution in [0.4, 0.5) is 17.1 Å². The number of imidazole rings is 1. The third-order valence-corrected chi connectivity index (χ3v) is 7.59. The van der Waals surface area contributed by atoms with Crippen molar-refractivity contribution in [2.45, 2.75) is 43.9 Å². The van der Waals surface area contributed by atoms with Gasteiger partial charge >= 0.3 is 0 Å². The van der Waals surface area contributed by atoms with Crippen LogP contribution in [0.15, 0.2) is 66.7 Å². The minimum Gasteiger partial charge on any atom is -0.393 e. The third kappa shape index (κ3) is 3.71. The predicted molar refractivity (Wildman–Crippen MR) is 142 cm³/mol. The van der Waals surface area contributed by atoms with Crippen LogP contribution in [0.1, 0.15) is 37.3 Å². The van der Waals surface area contributed by atoms with Gasteiger partial charge in [-0.3, -0.25) is 4.79 Å². The molecule has 3 aromatic carbocycles. The van der Waals surface area contributed by atoms with Crippen LogP contribution in [-0.4, -0.2) is 45.8 Å². The first-order chi connectivity index (χ1) is 17.6. The second-order valence-electron chi connectivity index (χ2n) is 10.2. The fourth-order valence-corrected chi connectivity index (χ4v) is 5.50. The minimum absolute atomic E-state index is 0.0718. The van der Waals surface area contributed by atoms with Crippen molar-refractivity contribution >= 4 is 34.0 Å². The van der Waals surface area contributed by atoms with Gasteiger partial charge in [0.1, 0.15) is 11.9 Å². The summed E-state index contributed by atoms with van der Waals surface area (Å²) in [5.74, 6) is 0.718. The number of carbonyl (C=O) groups is 1. The molecule has 3 N–H and O–H groups in total. The molecule has 1 saturated heterocycles. The Morgan fingerprint density at radius 1 is 0.944 bits per heavy atom. The Bertz CT molecular complexity index is 1450. The van der Waals surface area contributed by atoms with Crippen molar-refractivity contribution < 1.29 is 9.90 Å². The van der Waals surface area contributed by atoms with E-state index in [9.17, 15) is 9.90 Å². The molecule has 2 fully saturated rings. The molecule has 1 amide bonds. The van der Waals surface area contributed by atoms with Gasteiger partial charge in [0.2, 0.25) is 0 Å². The molecular weight excluding hydrogens is 450 g/mol. The largest absolute Gasteiger partial charge is 0.393 e. The van der Waals surface area contributed by atoms with Crippen molar-refractivity contribution in [2.75, 3.05) is 28.6 Å². The zero-order chi connectivity index (χ0) is 24.2. The second-order valence-corrected chi connectivity index (χ2v) is 10.2. The van der Waals surface area contributed by atoms with Gasteiger partial charge in [0, 0.05) is 36.1 Å². The van der Waals surface area contributed by atoms with E-state index < -0.39 is 6.04 Å². The first kappa shape index (κ1) is 21.4. The number of hydrogen-bond acceptors (Lipinski definition) is 5. The summed E-state index contributed by atoms with van der Waals surface area (Å²) in [6.45, 7) is 1.66. The van der Waals surface area contributed by atoms with Gasteiger partial charge in [0.25, 0.3) is 5.91 Å². The van der Waals surface area contributed by atoms with Crippen molar-refractivity contribution in [1.29, 1.82) is 0 Å². The van der Waals surface area contributed by atoms with Crippen LogP contribution in [0.2, 0.25) is 0 Å². The molecule has 0 radical (unpaired) electrons. The number of aromatic nitrogens is 2. The fourth-order valence-electron chi connectivity index (χ4n) is 5.50. The Kier molecular flexibility index (Phi) is 4.99. The lowest BCUT2D eigenvalue weighted by Gasteiger charge is -2.31. The van der Waals surface area contributed by atoms with Gasteiger partial charge in [-0.1, -0.05) is 30.3 Å². The number of aliphatic hydroxyl groups excluding tert-OH is 1. The molecule has 182 valence electrons. The van der Waals surface area contributed by atoms with E-state index >= 15 is 0 Å². The van der Waals surface area contributed by atoms with Crippen molar-refractivity contribution in [3.8, 4) is 11.4 Å². The molecule has 7 nitrogen and oxygen atoms in total. The zero-order valence-electron chi connectivity index (χ0n) is 20.0. The summed E-state index contributed by atoms with van der Waals surface area (Å²) in [7, 11) is 0. The molecule has 0 spiro atoms. The first-order valence-electron chi connectivity index (χ1n) is 12.9. The molecular formula is C29H29N5O2. The molecule has 0 bridgehead atoms. The van der Waals surface area contributed by atoms with Crippen LogP contribution < -0.4 is 15.5 Å². The standard InChI is InChI=1S/C29H29N5O2/c35-22-12-14-33(15-13-22)21-9-11-26-25(17-21)31-28-23-16-20(30-19-6-7-19)8-10-24(23)32-29(36)27(34(26)28)18-4-2-1-3-5-18/h1-5,8-11,16-17,19,22,27,30,35H,6-7,12-15H2,(H,32,36). The van der Waals surface area contributed by atoms with Crippen LogP contribution in [0.5, 0.6) is 0 Å². The molecule has 1 atom stereocenters. The van der Waals surface area contributed by atoms with Crippen molar-refractivity contribution in [3.63, 3.8) is 0 Å². The van der Waals surface area contributed by atoms with Gasteiger partial charge < -0.3 is 25.2 Å². The topological polar surface area (TPSA) is 82.4 Å². The summed E-state index contributed by atoms with van der Waals surface area (Å²) in [4.78, 5) is 21.1. The van der Waals surface area contributed by atoms with Gasteiger partial charge in [-0.2, -0.15) is 0 Å². The highest BCUT2D eigenvalue weighted by molar-refractivity contribution is 6.03. The van der Waals surface area contributed by atoms with E-state index in [1.165, 1.54) is 12.8 Å². The van der Waals surface area contributed by atoms with E-state index in [1.54, 1.807) is 0 Å². The van der Waals surface area contributed by atoms with E-state index in [0.29, 0.717) is 6.04 Å². The number of benzene rings is 3. The fraction of sp³-hybridized carbons (Fsp3) is 0.310. The predicted octanol–water partition coefficient (Wildman–Crippen LogP) is 4.78. The average Bonchev–Trinajstić information content (AvgIpc) is 3.66. The van der Waals surface area contributed by atoms with Gasteiger partial charge in [-0.25, -0.2) is 4.98 Å². The summed E-state index contributed by atoms with van der Waals surface area (Å²) < 4.78 is 2.09. The number of rotatable bonds is 4. The molecule has 7 heteroatoms. The lowest BCUT2D eigenvalue weighted by molar-refractivity contribution is -0.118. The van der Waals surface area contributed by atoms with Crippen LogP contribution in [-0.2, 0) is 4.79 Å². The number of carbonyl (C=O) groups excluding carboxylic acids is 1. The quantitative estimate of drug-likeness (QED) is 0.392. The summed E-state index contributed by atoms with van der Waals surface area (Å²) in [6, 6.07) is 22.4. The number of hydrogen-bond donors (Lipinski definition) is 3. The monoisotopic (exact) mass is 479 g/mol. The van der Waals surface area contributed by atoms with E-state index in [2.05, 4.69) is 44.4 Å². The van der Waals surface area contributed by atoms with Crippen molar-refractivity contribution in [3.05, 3.63) is 72.3 Å². The maximum atomic E-state index is 13.7. The lowest BCUT2D eigenvalue weighted by atomic mass is 10.1. The number of amides is 1. The van der Waals surface area contributed by atoms with E-state index in [-0.39, 0.29) is 12.0 Å². The highest BCUT2D eigenvalue weighted by Gasteiger charge is 2.33. The van der Waals surface area contributed by atoms with Crippen LogP contribution in [0, 0.1) is 0 Å². The summed E-state index contributed by atoms with van der Waals surface area (Å²) in [5, 5.41) is 16.7. The molecule has 2 aliphatic heterocycles. The summed E-state index contributed by atoms with van der Waals surface area (Å²) >= 11 is 0. The summed E-state index contributed by atoms with van der Waals surface area (Å²) in [5.41, 5.74) is 6.59. The number of nitrogens with one attached hydrogen (secondary N) is 2. The van der Waals surface area contributed by atoms with Crippen molar-refractivity contribution in [1.82, 2.24) is 9.55 Å². The zero-order valence-corrected chi connectivity index (χ0v) is 20.0. The number of anilines is 3. The second kappa shape index (κ2) is 8.38. The Morgan fingerprint density at radius 3 is 2.53 bits per heavy atom. The van der Waals surface area contributed by atoms with Gasteiger partial charge in [0.05, 0.1) is 22.8 Å². The highest BCUT2D eigenvalue weighted by Crippen LogP contribution is 2.41. The smallest absolute Gasteiger partial charge is 0.252 e. The maximum absolute atomic E-state index is 13.7. The van der Waals surface area contributed by atoms with E-state index in [4.69, 9.17) is 4.98 Å². The number of piperidine rings is 1. The normalized spacial score (nSPS) is 20.0. The maximum Gasteiger partial charge on any atom is 0.252 e. The van der Waals surface area contributed by atoms with Crippen molar-refractivity contribution in [2.24, 2.45) is 0 Å². The first-order valence-corrected chi connectivity index (χ1v) is 12.9. The minimum atomic E-state index is -0.533. The third-order valence-electron chi connectivity index (χ3n) is 7.59. The van der Waals surface area contributed by atoms with Crippen LogP contribution in [0.3, 0.4) is 0 Å². The van der Waals surface area contributed by atoms with E-state index in [0.717, 1.165) is 71.0 Å². The molecule has 1 aliphatic carbocycles. The molecule has 1 saturated carbocycles. The molecule has 4 aromatic rings. The Balaban J connectivity index is 1.41. The summed E-state index contributed by atoms with van der Waals surface area (Å²) in [6.07, 6.45) is 3.72. The molecule has 3 aliphatic rings. The van der Waals surface area contributed by atoms with Gasteiger partial charge in [-0.15, -0.1) is 0 Å². The highest BCUT2D eigenvalue weighted by atomic mass is 16.3. The molecule has 36 heavy (non-hydrogen) atoms. The number of fused-ring (bicyclic) bond motifs is 5. The Hall–Kier alpha value is -3.84. The Labute approximate surface area is 209 Å². The lowest BCUT2D eigenvalue weighted by Crippen LogP contribution is -2.35. The molecule has 3 heterocycles. The number of aliphatic hydroxyl groups is 1. The number of nitrogens with zero attached hydrogens (tertiary/aromatic N) is 3. The SMILES string of the molecule is O=C1Nc2ccc(NC3CC3)cc2-c2nc3cc(N4CCC(O)CC4)ccc3n2C1c1ccccc1. The average molecular weight is 480 g/mol. The van der Waals surface area contributed by atoms with Crippen LogP contribution in [0.25, 0.3) is 22.4 Å². The molecule has 1 unspecified atom stereocenters. The Morgan fingerprint density at radius 2 is 1.75 bits per heavy atom.